The maximum atomic E-state index is 5.31. The van der Waals surface area contributed by atoms with Crippen LogP contribution in [0.5, 0.6) is 5.75 Å². The summed E-state index contributed by atoms with van der Waals surface area (Å²) in [7, 11) is 5.83. The number of nitrogens with one attached hydrogen (secondary N) is 1. The van der Waals surface area contributed by atoms with Crippen LogP contribution in [0, 0.1) is 6.92 Å². The van der Waals surface area contributed by atoms with Gasteiger partial charge in [-0.3, -0.25) is 0 Å². The van der Waals surface area contributed by atoms with Crippen molar-refractivity contribution < 1.29 is 4.74 Å². The zero-order chi connectivity index (χ0) is 12.4. The Bertz CT molecular complexity index is 528. The number of nitrogens with zero attached hydrogens (tertiary/aromatic N) is 1. The summed E-state index contributed by atoms with van der Waals surface area (Å²) in [6.45, 7) is 3.13. The third-order valence-corrected chi connectivity index (χ3v) is 3.26. The summed E-state index contributed by atoms with van der Waals surface area (Å²) in [4.78, 5) is 0. The molecule has 0 saturated heterocycles. The first kappa shape index (κ1) is 12.0. The molecule has 1 heterocycles. The average molecular weight is 232 g/mol. The third kappa shape index (κ3) is 2.15. The molecule has 0 radical (unpaired) electrons. The van der Waals surface area contributed by atoms with E-state index in [9.17, 15) is 0 Å². The number of hydrogen-bond acceptors (Lipinski definition) is 2. The van der Waals surface area contributed by atoms with Gasteiger partial charge in [-0.2, -0.15) is 0 Å². The first-order valence-corrected chi connectivity index (χ1v) is 5.95. The van der Waals surface area contributed by atoms with Crippen LogP contribution in [0.4, 0.5) is 0 Å². The van der Waals surface area contributed by atoms with E-state index < -0.39 is 0 Å². The summed E-state index contributed by atoms with van der Waals surface area (Å²) >= 11 is 0. The van der Waals surface area contributed by atoms with Gasteiger partial charge in [0.2, 0.25) is 0 Å². The second kappa shape index (κ2) is 4.80. The molecule has 0 bridgehead atoms. The summed E-state index contributed by atoms with van der Waals surface area (Å²) in [6, 6.07) is 6.44. The van der Waals surface area contributed by atoms with Gasteiger partial charge in [-0.25, -0.2) is 0 Å². The molecule has 0 atom stereocenters. The van der Waals surface area contributed by atoms with E-state index in [0.717, 1.165) is 18.7 Å². The van der Waals surface area contributed by atoms with Crippen LogP contribution in [0.1, 0.15) is 11.3 Å². The average Bonchev–Trinajstić information content (AvgIpc) is 2.63. The summed E-state index contributed by atoms with van der Waals surface area (Å²) in [6.07, 6.45) is 1.05. The number of fused-ring (bicyclic) bond motifs is 1. The summed E-state index contributed by atoms with van der Waals surface area (Å²) in [5.74, 6) is 0.931. The van der Waals surface area contributed by atoms with E-state index in [2.05, 4.69) is 42.1 Å². The molecule has 92 valence electrons. The number of aromatic nitrogens is 1. The number of methoxy groups -OCH3 is 1. The minimum Gasteiger partial charge on any atom is -0.497 e. The highest BCUT2D eigenvalue weighted by molar-refractivity contribution is 5.85. The lowest BCUT2D eigenvalue weighted by Gasteiger charge is -2.07. The van der Waals surface area contributed by atoms with Crippen molar-refractivity contribution in [2.24, 2.45) is 7.05 Å². The van der Waals surface area contributed by atoms with Gasteiger partial charge in [-0.05, 0) is 37.7 Å². The number of aryl methyl sites for hydroxylation is 2. The molecular weight excluding hydrogens is 212 g/mol. The Kier molecular flexibility index (Phi) is 3.38. The molecule has 0 spiro atoms. The molecule has 0 aliphatic heterocycles. The van der Waals surface area contributed by atoms with Gasteiger partial charge in [-0.15, -0.1) is 0 Å². The third-order valence-electron chi connectivity index (χ3n) is 3.26. The van der Waals surface area contributed by atoms with Gasteiger partial charge < -0.3 is 14.6 Å². The second-order valence-electron chi connectivity index (χ2n) is 4.43. The van der Waals surface area contributed by atoms with Crippen molar-refractivity contribution in [3.05, 3.63) is 29.5 Å². The van der Waals surface area contributed by atoms with Gasteiger partial charge in [0.1, 0.15) is 5.75 Å². The van der Waals surface area contributed by atoms with Crippen LogP contribution in [0.2, 0.25) is 0 Å². The van der Waals surface area contributed by atoms with Gasteiger partial charge in [0.25, 0.3) is 0 Å². The highest BCUT2D eigenvalue weighted by Crippen LogP contribution is 2.27. The lowest BCUT2D eigenvalue weighted by atomic mass is 10.1. The van der Waals surface area contributed by atoms with Gasteiger partial charge in [0.05, 0.1) is 12.6 Å². The lowest BCUT2D eigenvalue weighted by molar-refractivity contribution is 0.415. The number of likely N-dealkylation sites (N-methyl/N-ethyl adjacent to an activating group) is 1. The zero-order valence-corrected chi connectivity index (χ0v) is 11.0. The Hall–Kier alpha value is -1.48. The summed E-state index contributed by atoms with van der Waals surface area (Å²) < 4.78 is 7.59. The highest BCUT2D eigenvalue weighted by Gasteiger charge is 2.09. The van der Waals surface area contributed by atoms with Crippen LogP contribution in [-0.4, -0.2) is 25.3 Å². The minimum atomic E-state index is 0.931. The van der Waals surface area contributed by atoms with E-state index in [4.69, 9.17) is 4.74 Å². The van der Waals surface area contributed by atoms with Gasteiger partial charge >= 0.3 is 0 Å². The Morgan fingerprint density at radius 2 is 2.06 bits per heavy atom. The molecule has 0 fully saturated rings. The number of rotatable bonds is 4. The van der Waals surface area contributed by atoms with Gasteiger partial charge in [0.15, 0.2) is 0 Å². The number of benzene rings is 1. The first-order valence-electron chi connectivity index (χ1n) is 5.95. The maximum absolute atomic E-state index is 5.31. The molecule has 2 aromatic rings. The van der Waals surface area contributed by atoms with Crippen LogP contribution in [-0.2, 0) is 13.5 Å². The quantitative estimate of drug-likeness (QED) is 0.875. The van der Waals surface area contributed by atoms with E-state index in [0.29, 0.717) is 0 Å². The van der Waals surface area contributed by atoms with Crippen molar-refractivity contribution in [1.29, 1.82) is 0 Å². The van der Waals surface area contributed by atoms with E-state index in [-0.39, 0.29) is 0 Å². The predicted molar refractivity (Wildman–Crippen MR) is 71.8 cm³/mol. The first-order chi connectivity index (χ1) is 8.17. The molecule has 2 rings (SSSR count). The molecule has 0 amide bonds. The molecule has 1 aromatic heterocycles. The van der Waals surface area contributed by atoms with E-state index in [1.54, 1.807) is 7.11 Å². The van der Waals surface area contributed by atoms with Crippen LogP contribution in [0.15, 0.2) is 18.2 Å². The van der Waals surface area contributed by atoms with E-state index in [1.807, 2.05) is 7.05 Å². The highest BCUT2D eigenvalue weighted by atomic mass is 16.5. The Labute approximate surface area is 102 Å². The van der Waals surface area contributed by atoms with E-state index in [1.165, 1.54) is 22.2 Å². The fourth-order valence-electron chi connectivity index (χ4n) is 2.37. The molecular formula is C14H20N2O. The topological polar surface area (TPSA) is 26.2 Å². The standard InChI is InChI=1S/C14H20N2O/c1-10-7-13(17-4)9-11-8-12(5-6-15-2)16(3)14(10)11/h7-9,15H,5-6H2,1-4H3. The Morgan fingerprint density at radius 1 is 1.29 bits per heavy atom. The molecule has 0 unspecified atom stereocenters. The maximum Gasteiger partial charge on any atom is 0.119 e. The predicted octanol–water partition coefficient (Wildman–Crippen LogP) is 2.26. The van der Waals surface area contributed by atoms with Crippen molar-refractivity contribution in [2.75, 3.05) is 20.7 Å². The van der Waals surface area contributed by atoms with Gasteiger partial charge in [-0.1, -0.05) is 0 Å². The number of hydrogen-bond donors (Lipinski definition) is 1. The van der Waals surface area contributed by atoms with Crippen LogP contribution in [0.25, 0.3) is 10.9 Å². The number of ether oxygens (including phenoxy) is 1. The van der Waals surface area contributed by atoms with Crippen LogP contribution < -0.4 is 10.1 Å². The SMILES string of the molecule is CNCCc1cc2cc(OC)cc(C)c2n1C. The smallest absolute Gasteiger partial charge is 0.119 e. The van der Waals surface area contributed by atoms with Crippen molar-refractivity contribution in [3.8, 4) is 5.75 Å². The minimum absolute atomic E-state index is 0.931. The van der Waals surface area contributed by atoms with Crippen molar-refractivity contribution in [1.82, 2.24) is 9.88 Å². The normalized spacial score (nSPS) is 11.1. The van der Waals surface area contributed by atoms with Crippen LogP contribution in [0.3, 0.4) is 0 Å². The summed E-state index contributed by atoms with van der Waals surface area (Å²) in [5.41, 5.74) is 3.92. The molecule has 0 aliphatic carbocycles. The van der Waals surface area contributed by atoms with Crippen molar-refractivity contribution >= 4 is 10.9 Å². The zero-order valence-electron chi connectivity index (χ0n) is 11.0. The molecule has 1 aromatic carbocycles. The second-order valence-corrected chi connectivity index (χ2v) is 4.43. The van der Waals surface area contributed by atoms with Gasteiger partial charge in [0, 0.05) is 31.1 Å². The monoisotopic (exact) mass is 232 g/mol. The lowest BCUT2D eigenvalue weighted by Crippen LogP contribution is -2.12. The Morgan fingerprint density at radius 3 is 2.71 bits per heavy atom. The molecule has 3 heteroatoms. The molecule has 0 saturated carbocycles. The Balaban J connectivity index is 2.52. The van der Waals surface area contributed by atoms with Crippen molar-refractivity contribution in [3.63, 3.8) is 0 Å². The molecule has 3 nitrogen and oxygen atoms in total. The fraction of sp³-hybridized carbons (Fsp3) is 0.429. The molecule has 1 N–H and O–H groups in total. The summed E-state index contributed by atoms with van der Waals surface area (Å²) in [5, 5.41) is 4.45. The van der Waals surface area contributed by atoms with Crippen LogP contribution >= 0.6 is 0 Å². The van der Waals surface area contributed by atoms with Crippen molar-refractivity contribution in [2.45, 2.75) is 13.3 Å². The fourth-order valence-corrected chi connectivity index (χ4v) is 2.37. The largest absolute Gasteiger partial charge is 0.497 e. The molecule has 0 aliphatic rings. The molecule has 17 heavy (non-hydrogen) atoms. The van der Waals surface area contributed by atoms with E-state index >= 15 is 0 Å².